The first-order valence-corrected chi connectivity index (χ1v) is 10.6. The third-order valence-electron chi connectivity index (χ3n) is 5.16. The second kappa shape index (κ2) is 10.5. The largest absolute Gasteiger partial charge is 0.368 e. The van der Waals surface area contributed by atoms with E-state index < -0.39 is 23.1 Å². The highest BCUT2D eigenvalue weighted by atomic mass is 19.2. The number of amides is 1. The maximum Gasteiger partial charge on any atom is 0.273 e. The van der Waals surface area contributed by atoms with E-state index in [0.717, 1.165) is 17.5 Å². The van der Waals surface area contributed by atoms with E-state index in [2.05, 4.69) is 42.4 Å². The zero-order valence-corrected chi connectivity index (χ0v) is 18.7. The predicted octanol–water partition coefficient (Wildman–Crippen LogP) is 2.07. The van der Waals surface area contributed by atoms with Crippen LogP contribution >= 0.6 is 0 Å². The van der Waals surface area contributed by atoms with Crippen molar-refractivity contribution in [1.82, 2.24) is 30.6 Å². The number of aromatic nitrogens is 4. The van der Waals surface area contributed by atoms with Crippen molar-refractivity contribution in [2.45, 2.75) is 5.54 Å². The molecule has 2 aromatic heterocycles. The van der Waals surface area contributed by atoms with Crippen molar-refractivity contribution in [1.29, 1.82) is 5.26 Å². The number of nitrogens with one attached hydrogen (secondary N) is 2. The molecule has 178 valence electrons. The number of halogens is 2. The second-order valence-corrected chi connectivity index (χ2v) is 7.60. The summed E-state index contributed by atoms with van der Waals surface area (Å²) < 4.78 is 27.5. The Labute approximate surface area is 204 Å². The van der Waals surface area contributed by atoms with Gasteiger partial charge in [-0.25, -0.2) is 23.7 Å². The van der Waals surface area contributed by atoms with Gasteiger partial charge in [0.15, 0.2) is 17.2 Å². The molecule has 1 amide bonds. The van der Waals surface area contributed by atoms with Gasteiger partial charge in [-0.15, -0.1) is 0 Å². The van der Waals surface area contributed by atoms with Gasteiger partial charge >= 0.3 is 0 Å². The van der Waals surface area contributed by atoms with Gasteiger partial charge in [0.25, 0.3) is 5.91 Å². The number of hydrogen-bond donors (Lipinski definition) is 3. The first-order valence-electron chi connectivity index (χ1n) is 10.6. The Morgan fingerprint density at radius 3 is 2.69 bits per heavy atom. The van der Waals surface area contributed by atoms with Gasteiger partial charge in [0.2, 0.25) is 5.95 Å². The predicted molar refractivity (Wildman–Crippen MR) is 127 cm³/mol. The van der Waals surface area contributed by atoms with E-state index in [9.17, 15) is 18.8 Å². The molecule has 0 fully saturated rings. The lowest BCUT2D eigenvalue weighted by atomic mass is 9.90. The third kappa shape index (κ3) is 5.38. The Balaban J connectivity index is 1.52. The van der Waals surface area contributed by atoms with E-state index in [1.54, 1.807) is 18.3 Å². The normalized spacial score (nSPS) is 12.1. The van der Waals surface area contributed by atoms with Crippen LogP contribution in [0.1, 0.15) is 21.6 Å². The number of nitrogens with zero attached hydrogens (tertiary/aromatic N) is 5. The fourth-order valence-electron chi connectivity index (χ4n) is 3.37. The zero-order valence-electron chi connectivity index (χ0n) is 18.7. The first kappa shape index (κ1) is 24.1. The van der Waals surface area contributed by atoms with Crippen LogP contribution in [0.2, 0.25) is 0 Å². The molecule has 2 aromatic carbocycles. The zero-order chi connectivity index (χ0) is 25.5. The highest BCUT2D eigenvalue weighted by molar-refractivity contribution is 5.92. The number of nitriles is 1. The minimum absolute atomic E-state index is 0.0402. The van der Waals surface area contributed by atoms with Crippen LogP contribution in [0.5, 0.6) is 0 Å². The Morgan fingerprint density at radius 1 is 1.08 bits per heavy atom. The van der Waals surface area contributed by atoms with E-state index in [1.807, 2.05) is 12.1 Å². The summed E-state index contributed by atoms with van der Waals surface area (Å²) in [7, 11) is 0. The van der Waals surface area contributed by atoms with Crippen LogP contribution in [0, 0.1) is 34.8 Å². The molecule has 36 heavy (non-hydrogen) atoms. The molecule has 4 N–H and O–H groups in total. The molecule has 0 bridgehead atoms. The smallest absolute Gasteiger partial charge is 0.273 e. The number of anilines is 1. The van der Waals surface area contributed by atoms with Crippen molar-refractivity contribution in [2.75, 3.05) is 18.8 Å². The molecule has 0 spiro atoms. The van der Waals surface area contributed by atoms with E-state index in [-0.39, 0.29) is 30.3 Å². The molecule has 9 nitrogen and oxygen atoms in total. The Hall–Kier alpha value is -5.00. The summed E-state index contributed by atoms with van der Waals surface area (Å²) >= 11 is 0. The van der Waals surface area contributed by atoms with Crippen LogP contribution < -0.4 is 16.4 Å². The third-order valence-corrected chi connectivity index (χ3v) is 5.16. The van der Waals surface area contributed by atoms with Crippen molar-refractivity contribution in [3.05, 3.63) is 89.6 Å². The van der Waals surface area contributed by atoms with Gasteiger partial charge in [0.1, 0.15) is 5.69 Å². The highest BCUT2D eigenvalue weighted by Crippen LogP contribution is 2.23. The van der Waals surface area contributed by atoms with Crippen molar-refractivity contribution in [2.24, 2.45) is 0 Å². The molecule has 4 aromatic rings. The van der Waals surface area contributed by atoms with Crippen LogP contribution in [0.15, 0.2) is 61.2 Å². The minimum atomic E-state index is -1.74. The van der Waals surface area contributed by atoms with Crippen LogP contribution in [-0.4, -0.2) is 38.9 Å². The summed E-state index contributed by atoms with van der Waals surface area (Å²) in [6, 6.07) is 10.4. The minimum Gasteiger partial charge on any atom is -0.368 e. The van der Waals surface area contributed by atoms with Crippen LogP contribution in [0.25, 0.3) is 10.9 Å². The molecule has 0 unspecified atom stereocenters. The number of carbonyl (C=O) groups is 1. The Morgan fingerprint density at radius 2 is 1.94 bits per heavy atom. The summed E-state index contributed by atoms with van der Waals surface area (Å²) in [5.41, 5.74) is 5.25. The molecule has 2 heterocycles. The molecule has 11 heteroatoms. The van der Waals surface area contributed by atoms with Gasteiger partial charge in [-0.3, -0.25) is 9.78 Å². The summed E-state index contributed by atoms with van der Waals surface area (Å²) in [6.07, 6.45) is 5.54. The molecule has 0 aliphatic rings. The lowest BCUT2D eigenvalue weighted by molar-refractivity contribution is 0.0912. The fraction of sp³-hybridized carbons (Fsp3) is 0.120. The van der Waals surface area contributed by atoms with Crippen LogP contribution in [0.3, 0.4) is 0 Å². The lowest BCUT2D eigenvalue weighted by Crippen LogP contribution is -2.51. The van der Waals surface area contributed by atoms with Crippen molar-refractivity contribution in [3.63, 3.8) is 0 Å². The molecule has 0 aliphatic carbocycles. The molecule has 0 saturated heterocycles. The second-order valence-electron chi connectivity index (χ2n) is 7.60. The average Bonchev–Trinajstić information content (AvgIpc) is 2.89. The monoisotopic (exact) mass is 484 g/mol. The molecule has 0 saturated carbocycles. The van der Waals surface area contributed by atoms with Crippen molar-refractivity contribution in [3.8, 4) is 17.9 Å². The number of hydrogen-bond acceptors (Lipinski definition) is 8. The molecule has 0 radical (unpaired) electrons. The summed E-state index contributed by atoms with van der Waals surface area (Å²) in [6.45, 7) is -0.0233. The quantitative estimate of drug-likeness (QED) is 0.279. The van der Waals surface area contributed by atoms with Gasteiger partial charge in [0.05, 0.1) is 24.3 Å². The van der Waals surface area contributed by atoms with Gasteiger partial charge in [-0.1, -0.05) is 17.9 Å². The number of benzene rings is 2. The summed E-state index contributed by atoms with van der Waals surface area (Å²) in [4.78, 5) is 28.6. The van der Waals surface area contributed by atoms with Gasteiger partial charge in [-0.2, -0.15) is 5.26 Å². The van der Waals surface area contributed by atoms with Crippen LogP contribution in [-0.2, 0) is 5.54 Å². The molecule has 4 rings (SSSR count). The lowest BCUT2D eigenvalue weighted by Gasteiger charge is -2.28. The van der Waals surface area contributed by atoms with E-state index in [0.29, 0.717) is 11.1 Å². The topological polar surface area (TPSA) is 142 Å². The average molecular weight is 484 g/mol. The van der Waals surface area contributed by atoms with E-state index >= 15 is 0 Å². The van der Waals surface area contributed by atoms with Crippen molar-refractivity contribution < 1.29 is 13.6 Å². The van der Waals surface area contributed by atoms with Gasteiger partial charge < -0.3 is 16.4 Å². The molecule has 1 atom stereocenters. The number of rotatable bonds is 6. The Bertz CT molecular complexity index is 1530. The van der Waals surface area contributed by atoms with Gasteiger partial charge in [-0.05, 0) is 35.9 Å². The number of carbonyl (C=O) groups excluding carboxylic acids is 1. The number of nitrogens with two attached hydrogens (primary N) is 1. The molecular weight excluding hydrogens is 466 g/mol. The SMILES string of the molecule is N#C[C@](CNCC#Cc1ccc2nc(N)ncc2c1)(NC(=O)c1cnccn1)c1ccc(F)c(F)c1. The number of fused-ring (bicyclic) bond motifs is 1. The fourth-order valence-corrected chi connectivity index (χ4v) is 3.37. The summed E-state index contributed by atoms with van der Waals surface area (Å²) in [5.74, 6) is 3.15. The summed E-state index contributed by atoms with van der Waals surface area (Å²) in [5, 5.41) is 16.3. The van der Waals surface area contributed by atoms with Crippen LogP contribution in [0.4, 0.5) is 14.7 Å². The van der Waals surface area contributed by atoms with E-state index in [4.69, 9.17) is 5.73 Å². The van der Waals surface area contributed by atoms with E-state index in [1.165, 1.54) is 24.7 Å². The maximum atomic E-state index is 14.0. The van der Waals surface area contributed by atoms with Crippen molar-refractivity contribution >= 4 is 22.8 Å². The van der Waals surface area contributed by atoms with Gasteiger partial charge in [0, 0.05) is 36.1 Å². The first-order chi connectivity index (χ1) is 17.4. The maximum absolute atomic E-state index is 14.0. The highest BCUT2D eigenvalue weighted by Gasteiger charge is 2.35. The molecule has 0 aliphatic heterocycles. The standard InChI is InChI=1S/C25H18F2N8O/c26-19-5-4-18(11-20(19)27)25(14-28,35-23(36)22-13-30-8-9-32-22)15-31-7-1-2-16-3-6-21-17(10-16)12-33-24(29)34-21/h3-6,8-13,31H,7,15H2,(H,35,36)(H2,29,33,34)/t25-/m1/s1. The number of nitrogen functional groups attached to an aromatic ring is 1. The Kier molecular flexibility index (Phi) is 7.04. The molecular formula is C25H18F2N8O.